The smallest absolute Gasteiger partial charge is 0.272 e. The summed E-state index contributed by atoms with van der Waals surface area (Å²) in [7, 11) is 0. The average molecular weight is 517 g/mol. The Bertz CT molecular complexity index is 1410. The Morgan fingerprint density at radius 1 is 0.973 bits per heavy atom. The van der Waals surface area contributed by atoms with E-state index in [0.717, 1.165) is 4.90 Å². The second-order valence-electron chi connectivity index (χ2n) is 7.95. The summed E-state index contributed by atoms with van der Waals surface area (Å²) in [5.41, 5.74) is 0.915. The van der Waals surface area contributed by atoms with Crippen LogP contribution >= 0.6 is 11.8 Å². The Hall–Kier alpha value is -4.57. The highest BCUT2D eigenvalue weighted by atomic mass is 32.2. The van der Waals surface area contributed by atoms with E-state index in [1.807, 2.05) is 6.07 Å². The van der Waals surface area contributed by atoms with Crippen LogP contribution < -0.4 is 16.0 Å². The Balaban J connectivity index is 1.44. The van der Waals surface area contributed by atoms with Crippen LogP contribution in [-0.4, -0.2) is 28.1 Å². The lowest BCUT2D eigenvalue weighted by molar-refractivity contribution is -0.115. The van der Waals surface area contributed by atoms with Crippen molar-refractivity contribution in [3.05, 3.63) is 102 Å². The first-order valence-electron chi connectivity index (χ1n) is 11.3. The highest BCUT2D eigenvalue weighted by Gasteiger charge is 2.18. The van der Waals surface area contributed by atoms with Gasteiger partial charge in [-0.3, -0.25) is 14.4 Å². The monoisotopic (exact) mass is 516 g/mol. The van der Waals surface area contributed by atoms with Crippen LogP contribution in [0.1, 0.15) is 28.8 Å². The van der Waals surface area contributed by atoms with Gasteiger partial charge in [-0.15, -0.1) is 11.8 Å². The van der Waals surface area contributed by atoms with E-state index < -0.39 is 17.1 Å². The van der Waals surface area contributed by atoms with E-state index in [1.165, 1.54) is 24.1 Å². The van der Waals surface area contributed by atoms with Crippen LogP contribution in [0.4, 0.5) is 11.5 Å². The molecule has 0 aliphatic rings. The Morgan fingerprint density at radius 3 is 2.49 bits per heavy atom. The summed E-state index contributed by atoms with van der Waals surface area (Å²) in [6, 6.07) is 20.6. The SMILES string of the molecule is Cc1cc(NC(=O)C(C)Sc2cccc(NC(=O)/C(=C/c3ccco3)NC(=O)c3ccccc3)c2)no1. The fourth-order valence-corrected chi connectivity index (χ4v) is 4.14. The largest absolute Gasteiger partial charge is 0.465 e. The molecule has 0 aliphatic carbocycles. The molecular weight excluding hydrogens is 492 g/mol. The zero-order valence-electron chi connectivity index (χ0n) is 20.1. The van der Waals surface area contributed by atoms with Gasteiger partial charge in [0.1, 0.15) is 17.2 Å². The van der Waals surface area contributed by atoms with Crippen LogP contribution in [-0.2, 0) is 9.59 Å². The van der Waals surface area contributed by atoms with Crippen molar-refractivity contribution in [1.29, 1.82) is 0 Å². The quantitative estimate of drug-likeness (QED) is 0.209. The molecule has 4 aromatic rings. The zero-order valence-corrected chi connectivity index (χ0v) is 20.9. The Kier molecular flexibility index (Phi) is 8.22. The number of aromatic nitrogens is 1. The second-order valence-corrected chi connectivity index (χ2v) is 9.36. The number of anilines is 2. The number of amides is 3. The van der Waals surface area contributed by atoms with E-state index in [9.17, 15) is 14.4 Å². The number of thioether (sulfide) groups is 1. The van der Waals surface area contributed by atoms with Crippen molar-refractivity contribution in [3.63, 3.8) is 0 Å². The molecule has 0 aliphatic heterocycles. The molecule has 1 unspecified atom stereocenters. The van der Waals surface area contributed by atoms with Crippen LogP contribution in [0.3, 0.4) is 0 Å². The second kappa shape index (κ2) is 11.9. The zero-order chi connectivity index (χ0) is 26.2. The highest BCUT2D eigenvalue weighted by molar-refractivity contribution is 8.00. The first kappa shape index (κ1) is 25.5. The van der Waals surface area contributed by atoms with Crippen LogP contribution in [0.15, 0.2) is 98.6 Å². The molecule has 1 atom stereocenters. The van der Waals surface area contributed by atoms with Crippen LogP contribution in [0.5, 0.6) is 0 Å². The summed E-state index contributed by atoms with van der Waals surface area (Å²) in [5.74, 6) is 0.156. The molecule has 188 valence electrons. The summed E-state index contributed by atoms with van der Waals surface area (Å²) < 4.78 is 10.3. The van der Waals surface area contributed by atoms with Gasteiger partial charge in [-0.2, -0.15) is 0 Å². The molecule has 2 aromatic carbocycles. The molecule has 2 heterocycles. The van der Waals surface area contributed by atoms with E-state index in [-0.39, 0.29) is 11.6 Å². The third-order valence-electron chi connectivity index (χ3n) is 5.01. The predicted octanol–water partition coefficient (Wildman–Crippen LogP) is 5.10. The Labute approximate surface area is 217 Å². The molecule has 0 saturated carbocycles. The molecule has 4 rings (SSSR count). The summed E-state index contributed by atoms with van der Waals surface area (Å²) in [6.07, 6.45) is 2.93. The molecular formula is C27H24N4O5S. The van der Waals surface area contributed by atoms with Gasteiger partial charge in [0.15, 0.2) is 5.82 Å². The number of rotatable bonds is 9. The highest BCUT2D eigenvalue weighted by Crippen LogP contribution is 2.27. The molecule has 3 amide bonds. The third kappa shape index (κ3) is 7.21. The summed E-state index contributed by atoms with van der Waals surface area (Å²) in [4.78, 5) is 39.1. The van der Waals surface area contributed by atoms with Gasteiger partial charge in [-0.25, -0.2) is 0 Å². The van der Waals surface area contributed by atoms with Crippen molar-refractivity contribution in [2.75, 3.05) is 10.6 Å². The standard InChI is InChI=1S/C27H24N4O5S/c1-17-14-24(31-36-17)30-25(32)18(2)37-22-12-6-10-20(15-22)28-27(34)23(16-21-11-7-13-35-21)29-26(33)19-8-4-3-5-9-19/h3-16,18H,1-2H3,(H,28,34)(H,29,33)(H,30,31,32)/b23-16-. The molecule has 0 fully saturated rings. The van der Waals surface area contributed by atoms with Gasteiger partial charge >= 0.3 is 0 Å². The van der Waals surface area contributed by atoms with Gasteiger partial charge in [-0.05, 0) is 56.3 Å². The molecule has 0 bridgehead atoms. The van der Waals surface area contributed by atoms with E-state index in [0.29, 0.717) is 28.6 Å². The lowest BCUT2D eigenvalue weighted by Gasteiger charge is -2.13. The van der Waals surface area contributed by atoms with E-state index >= 15 is 0 Å². The maximum absolute atomic E-state index is 13.1. The fraction of sp³-hybridized carbons (Fsp3) is 0.111. The van der Waals surface area contributed by atoms with E-state index in [2.05, 4.69) is 21.1 Å². The van der Waals surface area contributed by atoms with Crippen LogP contribution in [0, 0.1) is 6.92 Å². The first-order valence-corrected chi connectivity index (χ1v) is 12.2. The van der Waals surface area contributed by atoms with Crippen molar-refractivity contribution >= 4 is 47.1 Å². The van der Waals surface area contributed by atoms with Crippen molar-refractivity contribution in [3.8, 4) is 0 Å². The molecule has 37 heavy (non-hydrogen) atoms. The van der Waals surface area contributed by atoms with E-state index in [1.54, 1.807) is 80.6 Å². The van der Waals surface area contributed by atoms with Crippen molar-refractivity contribution in [1.82, 2.24) is 10.5 Å². The average Bonchev–Trinajstić information content (AvgIpc) is 3.55. The third-order valence-corrected chi connectivity index (χ3v) is 6.11. The maximum atomic E-state index is 13.1. The molecule has 9 nitrogen and oxygen atoms in total. The molecule has 0 radical (unpaired) electrons. The molecule has 10 heteroatoms. The number of carbonyl (C=O) groups is 3. The van der Waals surface area contributed by atoms with E-state index in [4.69, 9.17) is 8.94 Å². The number of furan rings is 1. The number of nitrogens with one attached hydrogen (secondary N) is 3. The number of hydrogen-bond donors (Lipinski definition) is 3. The maximum Gasteiger partial charge on any atom is 0.272 e. The van der Waals surface area contributed by atoms with Gasteiger partial charge in [0.25, 0.3) is 11.8 Å². The van der Waals surface area contributed by atoms with Gasteiger partial charge in [0, 0.05) is 28.3 Å². The lowest BCUT2D eigenvalue weighted by Crippen LogP contribution is -2.30. The van der Waals surface area contributed by atoms with Gasteiger partial charge < -0.3 is 24.9 Å². The molecule has 3 N–H and O–H groups in total. The number of aryl methyl sites for hydroxylation is 1. The summed E-state index contributed by atoms with van der Waals surface area (Å²) in [6.45, 7) is 3.50. The van der Waals surface area contributed by atoms with Crippen molar-refractivity contribution in [2.45, 2.75) is 24.0 Å². The number of nitrogens with zero attached hydrogens (tertiary/aromatic N) is 1. The minimum Gasteiger partial charge on any atom is -0.465 e. The lowest BCUT2D eigenvalue weighted by atomic mass is 10.2. The molecule has 0 saturated heterocycles. The van der Waals surface area contributed by atoms with Gasteiger partial charge in [-0.1, -0.05) is 29.4 Å². The molecule has 2 aromatic heterocycles. The van der Waals surface area contributed by atoms with Crippen LogP contribution in [0.2, 0.25) is 0 Å². The number of carbonyl (C=O) groups excluding carboxylic acids is 3. The number of hydrogen-bond acceptors (Lipinski definition) is 7. The van der Waals surface area contributed by atoms with Gasteiger partial charge in [0.05, 0.1) is 11.5 Å². The van der Waals surface area contributed by atoms with Crippen molar-refractivity contribution < 1.29 is 23.3 Å². The minimum absolute atomic E-state index is 0.0116. The normalized spacial score (nSPS) is 12.0. The topological polar surface area (TPSA) is 126 Å². The predicted molar refractivity (Wildman–Crippen MR) is 141 cm³/mol. The fourth-order valence-electron chi connectivity index (χ4n) is 3.21. The van der Waals surface area contributed by atoms with Gasteiger partial charge in [0.2, 0.25) is 5.91 Å². The number of benzene rings is 2. The summed E-state index contributed by atoms with van der Waals surface area (Å²) >= 11 is 1.32. The Morgan fingerprint density at radius 2 is 1.78 bits per heavy atom. The minimum atomic E-state index is -0.532. The summed E-state index contributed by atoms with van der Waals surface area (Å²) in [5, 5.41) is 11.5. The van der Waals surface area contributed by atoms with Crippen LogP contribution in [0.25, 0.3) is 6.08 Å². The first-order chi connectivity index (χ1) is 17.9. The molecule has 0 spiro atoms. The van der Waals surface area contributed by atoms with Crippen molar-refractivity contribution in [2.24, 2.45) is 0 Å².